The number of nitrogens with one attached hydrogen (secondary N) is 1. The minimum absolute atomic E-state index is 0.380. The van der Waals surface area contributed by atoms with Crippen molar-refractivity contribution in [2.45, 2.75) is 13.0 Å². The fraction of sp³-hybridized carbons (Fsp3) is 0.667. The van der Waals surface area contributed by atoms with E-state index in [1.807, 2.05) is 0 Å². The van der Waals surface area contributed by atoms with Crippen LogP contribution in [0.1, 0.15) is 6.92 Å². The summed E-state index contributed by atoms with van der Waals surface area (Å²) in [5.74, 6) is -0.782. The van der Waals surface area contributed by atoms with Gasteiger partial charge in [-0.2, -0.15) is 0 Å². The summed E-state index contributed by atoms with van der Waals surface area (Å²) in [6.45, 7) is 1.64. The Morgan fingerprint density at radius 1 is 1.64 bits per heavy atom. The third-order valence-corrected chi connectivity index (χ3v) is 1.13. The number of aliphatic carboxylic acids is 1. The van der Waals surface area contributed by atoms with Gasteiger partial charge in [-0.15, -0.1) is 0 Å². The lowest BCUT2D eigenvalue weighted by Crippen LogP contribution is -2.32. The number of likely N-dealkylation sites (N-methyl/N-ethyl adjacent to an activating group) is 1. The van der Waals surface area contributed by atoms with Gasteiger partial charge in [0, 0.05) is 0 Å². The Kier molecular flexibility index (Phi) is 7.86. The van der Waals surface area contributed by atoms with Crippen LogP contribution < -0.4 is 0 Å². The number of hydrogen-bond donors (Lipinski definition) is 2. The summed E-state index contributed by atoms with van der Waals surface area (Å²) in [6.07, 6.45) is 0.750. The molecule has 64 valence electrons. The third-order valence-electron chi connectivity index (χ3n) is 1.13. The van der Waals surface area contributed by atoms with Gasteiger partial charge in [-0.05, 0) is 21.0 Å². The van der Waals surface area contributed by atoms with E-state index in [1.54, 1.807) is 25.9 Å². The number of carboxylic acids is 1. The van der Waals surface area contributed by atoms with Gasteiger partial charge in [0.2, 0.25) is 6.08 Å². The van der Waals surface area contributed by atoms with E-state index < -0.39 is 5.97 Å². The molecule has 0 aromatic heterocycles. The Hall–Kier alpha value is -1.19. The summed E-state index contributed by atoms with van der Waals surface area (Å²) in [5, 5.41) is 13.7. The van der Waals surface area contributed by atoms with Crippen molar-refractivity contribution >= 4 is 12.0 Å². The van der Waals surface area contributed by atoms with Crippen LogP contribution in [0.25, 0.3) is 0 Å². The Balaban J connectivity index is 0. The second kappa shape index (κ2) is 6.92. The summed E-state index contributed by atoms with van der Waals surface area (Å²) in [5.41, 5.74) is 0. The van der Waals surface area contributed by atoms with Gasteiger partial charge in [0.05, 0.1) is 0 Å². The topological polar surface area (TPSA) is 81.5 Å². The lowest BCUT2D eigenvalue weighted by atomic mass is 10.3. The minimum Gasteiger partial charge on any atom is -0.480 e. The number of carboxylic acid groups (broad SMARTS) is 1. The number of rotatable bonds is 2. The van der Waals surface area contributed by atoms with Crippen LogP contribution in [0, 0.1) is 5.41 Å². The van der Waals surface area contributed by atoms with E-state index in [1.165, 1.54) is 0 Å². The SMILES string of the molecule is CC(C(=O)O)N(C)C.N=C=O. The van der Waals surface area contributed by atoms with Gasteiger partial charge in [0.25, 0.3) is 0 Å². The molecule has 0 saturated carbocycles. The number of carbonyl (C=O) groups excluding carboxylic acids is 1. The molecule has 0 aromatic carbocycles. The molecule has 0 aliphatic carbocycles. The van der Waals surface area contributed by atoms with Crippen LogP contribution in [0.2, 0.25) is 0 Å². The molecule has 0 aliphatic heterocycles. The van der Waals surface area contributed by atoms with Crippen molar-refractivity contribution in [1.82, 2.24) is 4.90 Å². The average molecular weight is 160 g/mol. The van der Waals surface area contributed by atoms with Crippen molar-refractivity contribution in [3.8, 4) is 0 Å². The molecule has 0 aliphatic rings. The molecule has 0 bridgehead atoms. The predicted octanol–water partition coefficient (Wildman–Crippen LogP) is -0.0779. The largest absolute Gasteiger partial charge is 0.480 e. The maximum atomic E-state index is 10.1. The summed E-state index contributed by atoms with van der Waals surface area (Å²) in [6, 6.07) is -0.380. The first kappa shape index (κ1) is 12.5. The molecule has 0 fully saturated rings. The summed E-state index contributed by atoms with van der Waals surface area (Å²) in [4.78, 5) is 20.1. The molecule has 1 unspecified atom stereocenters. The van der Waals surface area contributed by atoms with Crippen LogP contribution in [0.5, 0.6) is 0 Å². The molecule has 0 heterocycles. The van der Waals surface area contributed by atoms with Gasteiger partial charge in [0.1, 0.15) is 6.04 Å². The van der Waals surface area contributed by atoms with Gasteiger partial charge in [-0.25, -0.2) is 10.2 Å². The Morgan fingerprint density at radius 3 is 1.91 bits per heavy atom. The predicted molar refractivity (Wildman–Crippen MR) is 39.2 cm³/mol. The van der Waals surface area contributed by atoms with E-state index in [-0.39, 0.29) is 6.04 Å². The molecule has 0 radical (unpaired) electrons. The highest BCUT2D eigenvalue weighted by molar-refractivity contribution is 5.72. The van der Waals surface area contributed by atoms with E-state index >= 15 is 0 Å². The Morgan fingerprint density at radius 2 is 1.91 bits per heavy atom. The molecular formula is C6H12N2O3. The van der Waals surface area contributed by atoms with Crippen molar-refractivity contribution in [1.29, 1.82) is 5.41 Å². The number of carbonyl (C=O) groups is 1. The lowest BCUT2D eigenvalue weighted by molar-refractivity contribution is -0.141. The fourth-order valence-corrected chi connectivity index (χ4v) is 0.221. The first-order valence-corrected chi connectivity index (χ1v) is 2.90. The van der Waals surface area contributed by atoms with Gasteiger partial charge in [-0.3, -0.25) is 9.69 Å². The highest BCUT2D eigenvalue weighted by Gasteiger charge is 2.11. The van der Waals surface area contributed by atoms with Gasteiger partial charge >= 0.3 is 5.97 Å². The van der Waals surface area contributed by atoms with Gasteiger partial charge in [0.15, 0.2) is 0 Å². The van der Waals surface area contributed by atoms with Crippen LogP contribution in [-0.4, -0.2) is 42.2 Å². The zero-order chi connectivity index (χ0) is 9.44. The molecule has 0 amide bonds. The Labute approximate surface area is 65.1 Å². The monoisotopic (exact) mass is 160 g/mol. The summed E-state index contributed by atoms with van der Waals surface area (Å²) in [7, 11) is 3.47. The maximum absolute atomic E-state index is 10.1. The van der Waals surface area contributed by atoms with E-state index in [0.717, 1.165) is 6.08 Å². The van der Waals surface area contributed by atoms with E-state index in [4.69, 9.17) is 15.3 Å². The normalized spacial score (nSPS) is 10.9. The maximum Gasteiger partial charge on any atom is 0.320 e. The second-order valence-electron chi connectivity index (χ2n) is 2.08. The molecule has 0 saturated heterocycles. The highest BCUT2D eigenvalue weighted by atomic mass is 16.4. The highest BCUT2D eigenvalue weighted by Crippen LogP contribution is 1.88. The average Bonchev–Trinajstić information content (AvgIpc) is 1.87. The molecular weight excluding hydrogens is 148 g/mol. The van der Waals surface area contributed by atoms with Gasteiger partial charge in [-0.1, -0.05) is 0 Å². The van der Waals surface area contributed by atoms with Crippen molar-refractivity contribution in [3.05, 3.63) is 0 Å². The number of nitrogens with zero attached hydrogens (tertiary/aromatic N) is 1. The van der Waals surface area contributed by atoms with Crippen LogP contribution in [-0.2, 0) is 9.59 Å². The first-order chi connectivity index (χ1) is 4.97. The zero-order valence-electron chi connectivity index (χ0n) is 6.79. The molecule has 5 nitrogen and oxygen atoms in total. The first-order valence-electron chi connectivity index (χ1n) is 2.90. The molecule has 1 atom stereocenters. The molecule has 11 heavy (non-hydrogen) atoms. The number of hydrogen-bond acceptors (Lipinski definition) is 4. The Bertz CT molecular complexity index is 150. The van der Waals surface area contributed by atoms with Crippen molar-refractivity contribution in [3.63, 3.8) is 0 Å². The molecule has 0 aromatic rings. The third kappa shape index (κ3) is 8.81. The molecule has 0 rings (SSSR count). The van der Waals surface area contributed by atoms with E-state index in [2.05, 4.69) is 0 Å². The van der Waals surface area contributed by atoms with Crippen LogP contribution in [0.15, 0.2) is 0 Å². The zero-order valence-corrected chi connectivity index (χ0v) is 6.79. The second-order valence-corrected chi connectivity index (χ2v) is 2.08. The minimum atomic E-state index is -0.782. The van der Waals surface area contributed by atoms with Crippen LogP contribution >= 0.6 is 0 Å². The van der Waals surface area contributed by atoms with Crippen LogP contribution in [0.4, 0.5) is 0 Å². The van der Waals surface area contributed by atoms with Crippen molar-refractivity contribution < 1.29 is 14.7 Å². The van der Waals surface area contributed by atoms with Crippen molar-refractivity contribution in [2.75, 3.05) is 14.1 Å². The molecule has 0 spiro atoms. The molecule has 2 N–H and O–H groups in total. The standard InChI is InChI=1S/C5H11NO2.CHNO/c1-4(5(7)8)6(2)3;2-1-3/h4H,1-3H3,(H,7,8);2H. The van der Waals surface area contributed by atoms with Crippen molar-refractivity contribution in [2.24, 2.45) is 0 Å². The summed E-state index contributed by atoms with van der Waals surface area (Å²) >= 11 is 0. The quantitative estimate of drug-likeness (QED) is 0.437. The molecule has 5 heteroatoms. The lowest BCUT2D eigenvalue weighted by Gasteiger charge is -2.13. The fourth-order valence-electron chi connectivity index (χ4n) is 0.221. The smallest absolute Gasteiger partial charge is 0.320 e. The van der Waals surface area contributed by atoms with Crippen LogP contribution in [0.3, 0.4) is 0 Å². The van der Waals surface area contributed by atoms with Gasteiger partial charge < -0.3 is 5.11 Å². The number of isocyanates is 1. The van der Waals surface area contributed by atoms with E-state index in [0.29, 0.717) is 0 Å². The van der Waals surface area contributed by atoms with E-state index in [9.17, 15) is 4.79 Å². The summed E-state index contributed by atoms with van der Waals surface area (Å²) < 4.78 is 0.